The van der Waals surface area contributed by atoms with Crippen molar-refractivity contribution in [2.75, 3.05) is 0 Å². The van der Waals surface area contributed by atoms with Crippen LogP contribution in [-0.4, -0.2) is 27.3 Å². The van der Waals surface area contributed by atoms with E-state index in [2.05, 4.69) is 12.6 Å². The fourth-order valence-electron chi connectivity index (χ4n) is 1.25. The summed E-state index contributed by atoms with van der Waals surface area (Å²) in [7, 11) is 0. The van der Waals surface area contributed by atoms with Crippen molar-refractivity contribution in [2.45, 2.75) is 48.9 Å². The Hall–Kier alpha value is 0.620. The molecule has 2 nitrogen and oxygen atoms in total. The van der Waals surface area contributed by atoms with Gasteiger partial charge in [0, 0.05) is 11.7 Å². The van der Waals surface area contributed by atoms with Crippen molar-refractivity contribution in [1.29, 1.82) is 0 Å². The standard InChI is InChI=1S/C8H16O2S2/c1-5-3-7(9)12-8(10-5)4-6(2)11/h5-9,11H,3-4H2,1-2H3. The topological polar surface area (TPSA) is 29.5 Å². The lowest BCUT2D eigenvalue weighted by molar-refractivity contribution is 0.00731. The van der Waals surface area contributed by atoms with Crippen LogP contribution in [0.2, 0.25) is 0 Å². The smallest absolute Gasteiger partial charge is 0.107 e. The van der Waals surface area contributed by atoms with E-state index in [1.807, 2.05) is 13.8 Å². The molecule has 4 unspecified atom stereocenters. The van der Waals surface area contributed by atoms with Crippen LogP contribution < -0.4 is 0 Å². The van der Waals surface area contributed by atoms with E-state index in [0.717, 1.165) is 12.8 Å². The lowest BCUT2D eigenvalue weighted by Crippen LogP contribution is -2.30. The highest BCUT2D eigenvalue weighted by Crippen LogP contribution is 2.32. The normalized spacial score (nSPS) is 39.5. The average molecular weight is 208 g/mol. The van der Waals surface area contributed by atoms with E-state index in [1.54, 1.807) is 0 Å². The molecule has 1 aliphatic rings. The van der Waals surface area contributed by atoms with Crippen LogP contribution in [0.25, 0.3) is 0 Å². The number of rotatable bonds is 2. The zero-order valence-corrected chi connectivity index (χ0v) is 9.15. The molecule has 0 amide bonds. The third-order valence-electron chi connectivity index (χ3n) is 1.76. The summed E-state index contributed by atoms with van der Waals surface area (Å²) in [5.41, 5.74) is -0.137. The second-order valence-electron chi connectivity index (χ2n) is 3.29. The minimum Gasteiger partial charge on any atom is -0.382 e. The van der Waals surface area contributed by atoms with Gasteiger partial charge in [0.2, 0.25) is 0 Å². The molecule has 12 heavy (non-hydrogen) atoms. The zero-order valence-electron chi connectivity index (χ0n) is 7.43. The van der Waals surface area contributed by atoms with Gasteiger partial charge in [-0.3, -0.25) is 0 Å². The number of aliphatic hydroxyl groups is 1. The second-order valence-corrected chi connectivity index (χ2v) is 5.51. The summed E-state index contributed by atoms with van der Waals surface area (Å²) in [5.74, 6) is 0. The maximum Gasteiger partial charge on any atom is 0.107 e. The summed E-state index contributed by atoms with van der Waals surface area (Å²) in [6.07, 6.45) is 1.82. The second kappa shape index (κ2) is 4.74. The molecule has 4 heteroatoms. The summed E-state index contributed by atoms with van der Waals surface area (Å²) in [6, 6.07) is 0. The molecule has 1 saturated heterocycles. The van der Waals surface area contributed by atoms with E-state index in [4.69, 9.17) is 4.74 Å². The molecule has 0 radical (unpaired) electrons. The molecule has 1 fully saturated rings. The van der Waals surface area contributed by atoms with Crippen LogP contribution in [0.4, 0.5) is 0 Å². The lowest BCUT2D eigenvalue weighted by Gasteiger charge is -2.31. The molecule has 72 valence electrons. The van der Waals surface area contributed by atoms with Gasteiger partial charge in [0.15, 0.2) is 0 Å². The van der Waals surface area contributed by atoms with Crippen LogP contribution in [0.5, 0.6) is 0 Å². The third kappa shape index (κ3) is 3.56. The number of thioether (sulfide) groups is 1. The van der Waals surface area contributed by atoms with Gasteiger partial charge in [-0.15, -0.1) is 0 Å². The summed E-state index contributed by atoms with van der Waals surface area (Å²) < 4.78 is 5.62. The lowest BCUT2D eigenvalue weighted by atomic mass is 10.3. The SMILES string of the molecule is CC(S)CC1OC(C)CC(O)S1. The third-order valence-corrected chi connectivity index (χ3v) is 3.08. The quantitative estimate of drug-likeness (QED) is 0.679. The maximum absolute atomic E-state index is 9.42. The monoisotopic (exact) mass is 208 g/mol. The van der Waals surface area contributed by atoms with Crippen molar-refractivity contribution in [1.82, 2.24) is 0 Å². The Morgan fingerprint density at radius 2 is 2.42 bits per heavy atom. The molecule has 0 spiro atoms. The van der Waals surface area contributed by atoms with Gasteiger partial charge >= 0.3 is 0 Å². The zero-order chi connectivity index (χ0) is 9.14. The van der Waals surface area contributed by atoms with Gasteiger partial charge in [0.1, 0.15) is 10.9 Å². The molecule has 0 bridgehead atoms. The number of ether oxygens (including phenoxy) is 1. The van der Waals surface area contributed by atoms with E-state index in [-0.39, 0.29) is 17.0 Å². The van der Waals surface area contributed by atoms with Crippen molar-refractivity contribution in [2.24, 2.45) is 0 Å². The van der Waals surface area contributed by atoms with Crippen LogP contribution in [0.15, 0.2) is 0 Å². The molecule has 0 aromatic carbocycles. The van der Waals surface area contributed by atoms with Crippen LogP contribution in [0, 0.1) is 0 Å². The first-order chi connectivity index (χ1) is 5.58. The Balaban J connectivity index is 2.34. The predicted octanol–water partition coefficient (Wildman–Crippen LogP) is 1.88. The van der Waals surface area contributed by atoms with Crippen molar-refractivity contribution < 1.29 is 9.84 Å². The molecule has 1 rings (SSSR count). The van der Waals surface area contributed by atoms with Gasteiger partial charge in [-0.1, -0.05) is 18.7 Å². The van der Waals surface area contributed by atoms with Crippen molar-refractivity contribution >= 4 is 24.4 Å². The first-order valence-corrected chi connectivity index (χ1v) is 5.71. The molecule has 1 N–H and O–H groups in total. The Kier molecular flexibility index (Phi) is 4.23. The highest BCUT2D eigenvalue weighted by Gasteiger charge is 2.26. The number of hydrogen-bond acceptors (Lipinski definition) is 4. The van der Waals surface area contributed by atoms with Crippen LogP contribution in [-0.2, 0) is 4.74 Å². The first kappa shape index (κ1) is 10.7. The molecule has 1 aliphatic heterocycles. The van der Waals surface area contributed by atoms with Gasteiger partial charge in [0.25, 0.3) is 0 Å². The minimum absolute atomic E-state index is 0.122. The molecular formula is C8H16O2S2. The van der Waals surface area contributed by atoms with Gasteiger partial charge in [-0.2, -0.15) is 12.6 Å². The van der Waals surface area contributed by atoms with Gasteiger partial charge < -0.3 is 9.84 Å². The number of hydrogen-bond donors (Lipinski definition) is 2. The van der Waals surface area contributed by atoms with Gasteiger partial charge in [-0.05, 0) is 13.3 Å². The maximum atomic E-state index is 9.42. The highest BCUT2D eigenvalue weighted by molar-refractivity contribution is 8.00. The van der Waals surface area contributed by atoms with Crippen molar-refractivity contribution in [3.05, 3.63) is 0 Å². The molecule has 4 atom stereocenters. The van der Waals surface area contributed by atoms with E-state index < -0.39 is 0 Å². The molecule has 0 aliphatic carbocycles. The number of thiol groups is 1. The van der Waals surface area contributed by atoms with Crippen LogP contribution >= 0.6 is 24.4 Å². The molecular weight excluding hydrogens is 192 g/mol. The molecule has 0 aromatic heterocycles. The highest BCUT2D eigenvalue weighted by atomic mass is 32.2. The fourth-order valence-corrected chi connectivity index (χ4v) is 2.97. The van der Waals surface area contributed by atoms with Gasteiger partial charge in [-0.25, -0.2) is 0 Å². The van der Waals surface area contributed by atoms with Crippen molar-refractivity contribution in [3.8, 4) is 0 Å². The first-order valence-electron chi connectivity index (χ1n) is 4.25. The number of aliphatic hydroxyl groups excluding tert-OH is 1. The summed E-state index contributed by atoms with van der Waals surface area (Å²) in [6.45, 7) is 4.04. The Morgan fingerprint density at radius 3 is 2.92 bits per heavy atom. The summed E-state index contributed by atoms with van der Waals surface area (Å²) in [5, 5.41) is 9.75. The van der Waals surface area contributed by atoms with E-state index in [9.17, 15) is 5.11 Å². The summed E-state index contributed by atoms with van der Waals surface area (Å²) >= 11 is 5.80. The molecule has 1 heterocycles. The Labute approximate surface area is 83.5 Å². The Morgan fingerprint density at radius 1 is 1.75 bits per heavy atom. The van der Waals surface area contributed by atoms with E-state index in [1.165, 1.54) is 11.8 Å². The van der Waals surface area contributed by atoms with Gasteiger partial charge in [0.05, 0.1) is 6.10 Å². The summed E-state index contributed by atoms with van der Waals surface area (Å²) in [4.78, 5) is 0. The van der Waals surface area contributed by atoms with Crippen LogP contribution in [0.3, 0.4) is 0 Å². The molecule has 0 saturated carbocycles. The predicted molar refractivity (Wildman–Crippen MR) is 55.6 cm³/mol. The molecule has 0 aromatic rings. The average Bonchev–Trinajstić information content (AvgIpc) is 1.81. The van der Waals surface area contributed by atoms with E-state index in [0.29, 0.717) is 5.25 Å². The van der Waals surface area contributed by atoms with Crippen molar-refractivity contribution in [3.63, 3.8) is 0 Å². The van der Waals surface area contributed by atoms with E-state index >= 15 is 0 Å². The minimum atomic E-state index is -0.258. The van der Waals surface area contributed by atoms with Crippen LogP contribution in [0.1, 0.15) is 26.7 Å². The largest absolute Gasteiger partial charge is 0.382 e. The Bertz CT molecular complexity index is 128. The fraction of sp³-hybridized carbons (Fsp3) is 1.00.